The average Bonchev–Trinajstić information content (AvgIpc) is 3.15. The van der Waals surface area contributed by atoms with Gasteiger partial charge in [0.15, 0.2) is 0 Å². The maximum absolute atomic E-state index is 2.43. The molecule has 0 N–H and O–H groups in total. The van der Waals surface area contributed by atoms with Crippen molar-refractivity contribution in [2.24, 2.45) is 0 Å². The number of benzene rings is 4. The Labute approximate surface area is 197 Å². The van der Waals surface area contributed by atoms with Gasteiger partial charge in [-0.25, -0.2) is 0 Å². The first-order valence-corrected chi connectivity index (χ1v) is 12.5. The standard InChI is InChI=1S/C33H30/c1-21-13-15-27-28-16-14-22(2)30-18-26(24-11-7-4-8-12-24)20-33(32(28)30)19-25(17-29(21)31(27)33)23-9-5-3-6-10-23/h3-16,25-26H,17-20H2,1-2H3. The largest absolute Gasteiger partial charge is 0.0622 e. The van der Waals surface area contributed by atoms with Gasteiger partial charge in [0.1, 0.15) is 0 Å². The summed E-state index contributed by atoms with van der Waals surface area (Å²) < 4.78 is 0. The molecule has 0 fully saturated rings. The lowest BCUT2D eigenvalue weighted by Gasteiger charge is -2.47. The molecule has 0 saturated heterocycles. The summed E-state index contributed by atoms with van der Waals surface area (Å²) >= 11 is 0. The van der Waals surface area contributed by atoms with Gasteiger partial charge in [0, 0.05) is 5.41 Å². The zero-order chi connectivity index (χ0) is 22.2. The molecule has 7 rings (SSSR count). The molecule has 0 aromatic heterocycles. The monoisotopic (exact) mass is 426 g/mol. The first-order valence-electron chi connectivity index (χ1n) is 12.5. The molecule has 2 atom stereocenters. The van der Waals surface area contributed by atoms with Crippen LogP contribution in [0.5, 0.6) is 0 Å². The molecule has 0 amide bonds. The van der Waals surface area contributed by atoms with Crippen molar-refractivity contribution in [2.45, 2.75) is 56.8 Å². The topological polar surface area (TPSA) is 0 Å². The van der Waals surface area contributed by atoms with E-state index in [0.29, 0.717) is 11.8 Å². The minimum atomic E-state index is 0.130. The molecule has 2 unspecified atom stereocenters. The van der Waals surface area contributed by atoms with Crippen LogP contribution in [0.15, 0.2) is 84.9 Å². The Morgan fingerprint density at radius 3 is 1.39 bits per heavy atom. The Balaban J connectivity index is 1.52. The molecule has 0 heteroatoms. The molecule has 0 radical (unpaired) electrons. The Hall–Kier alpha value is -3.12. The van der Waals surface area contributed by atoms with Crippen LogP contribution in [-0.4, -0.2) is 0 Å². The Kier molecular flexibility index (Phi) is 4.07. The van der Waals surface area contributed by atoms with Gasteiger partial charge in [0.05, 0.1) is 0 Å². The van der Waals surface area contributed by atoms with Crippen LogP contribution in [-0.2, 0) is 18.3 Å². The summed E-state index contributed by atoms with van der Waals surface area (Å²) in [6, 6.07) is 32.2. The van der Waals surface area contributed by atoms with Gasteiger partial charge in [-0.3, -0.25) is 0 Å². The molecular formula is C33H30. The van der Waals surface area contributed by atoms with Gasteiger partial charge in [0.25, 0.3) is 0 Å². The quantitative estimate of drug-likeness (QED) is 0.304. The van der Waals surface area contributed by atoms with E-state index in [2.05, 4.69) is 98.8 Å². The van der Waals surface area contributed by atoms with Gasteiger partial charge in [-0.05, 0) is 107 Å². The lowest BCUT2D eigenvalue weighted by molar-refractivity contribution is 0.326. The van der Waals surface area contributed by atoms with Crippen molar-refractivity contribution in [1.29, 1.82) is 0 Å². The Bertz CT molecular complexity index is 1270. The van der Waals surface area contributed by atoms with Crippen LogP contribution in [0.1, 0.15) is 69.2 Å². The molecular weight excluding hydrogens is 396 g/mol. The van der Waals surface area contributed by atoms with Crippen LogP contribution in [0.25, 0.3) is 11.1 Å². The fourth-order valence-electron chi connectivity index (χ4n) is 7.59. The fourth-order valence-corrected chi connectivity index (χ4v) is 7.59. The lowest BCUT2D eigenvalue weighted by Crippen LogP contribution is -2.39. The predicted octanol–water partition coefficient (Wildman–Crippen LogP) is 8.03. The van der Waals surface area contributed by atoms with E-state index in [9.17, 15) is 0 Å². The van der Waals surface area contributed by atoms with E-state index in [-0.39, 0.29) is 5.41 Å². The molecule has 0 bridgehead atoms. The van der Waals surface area contributed by atoms with Crippen LogP contribution < -0.4 is 0 Å². The molecule has 3 aliphatic carbocycles. The third kappa shape index (κ3) is 2.64. The maximum atomic E-state index is 2.43. The molecule has 162 valence electrons. The number of hydrogen-bond donors (Lipinski definition) is 0. The summed E-state index contributed by atoms with van der Waals surface area (Å²) in [5.74, 6) is 1.14. The zero-order valence-corrected chi connectivity index (χ0v) is 19.6. The first-order chi connectivity index (χ1) is 16.2. The molecule has 0 heterocycles. The predicted molar refractivity (Wildman–Crippen MR) is 137 cm³/mol. The molecule has 4 aromatic rings. The normalized spacial score (nSPS) is 24.3. The smallest absolute Gasteiger partial charge is 0.0232 e. The van der Waals surface area contributed by atoms with E-state index in [4.69, 9.17) is 0 Å². The number of fused-ring (bicyclic) bond motifs is 1. The molecule has 33 heavy (non-hydrogen) atoms. The van der Waals surface area contributed by atoms with Gasteiger partial charge in [-0.1, -0.05) is 84.9 Å². The summed E-state index contributed by atoms with van der Waals surface area (Å²) in [6.07, 6.45) is 4.79. The third-order valence-electron chi connectivity index (χ3n) is 8.97. The van der Waals surface area contributed by atoms with E-state index >= 15 is 0 Å². The van der Waals surface area contributed by atoms with Crippen LogP contribution in [0.2, 0.25) is 0 Å². The molecule has 4 aromatic carbocycles. The van der Waals surface area contributed by atoms with E-state index < -0.39 is 0 Å². The summed E-state index contributed by atoms with van der Waals surface area (Å²) in [6.45, 7) is 4.67. The second-order valence-corrected chi connectivity index (χ2v) is 10.7. The minimum Gasteiger partial charge on any atom is -0.0622 e. The van der Waals surface area contributed by atoms with Crippen LogP contribution >= 0.6 is 0 Å². The number of rotatable bonds is 2. The lowest BCUT2D eigenvalue weighted by atomic mass is 9.56. The van der Waals surface area contributed by atoms with E-state index in [1.807, 2.05) is 0 Å². The second kappa shape index (κ2) is 6.94. The summed E-state index contributed by atoms with van der Waals surface area (Å²) in [5.41, 5.74) is 15.7. The summed E-state index contributed by atoms with van der Waals surface area (Å²) in [4.78, 5) is 0. The van der Waals surface area contributed by atoms with Crippen molar-refractivity contribution in [2.75, 3.05) is 0 Å². The Morgan fingerprint density at radius 1 is 0.545 bits per heavy atom. The summed E-state index contributed by atoms with van der Waals surface area (Å²) in [5, 5.41) is 0. The van der Waals surface area contributed by atoms with Crippen molar-refractivity contribution in [3.8, 4) is 11.1 Å². The van der Waals surface area contributed by atoms with E-state index in [1.54, 1.807) is 22.3 Å². The van der Waals surface area contributed by atoms with Gasteiger partial charge < -0.3 is 0 Å². The average molecular weight is 427 g/mol. The van der Waals surface area contributed by atoms with Crippen molar-refractivity contribution < 1.29 is 0 Å². The zero-order valence-electron chi connectivity index (χ0n) is 19.6. The maximum Gasteiger partial charge on any atom is 0.0232 e. The van der Waals surface area contributed by atoms with E-state index in [0.717, 1.165) is 0 Å². The number of aryl methyl sites for hydroxylation is 2. The van der Waals surface area contributed by atoms with Crippen LogP contribution in [0.3, 0.4) is 0 Å². The van der Waals surface area contributed by atoms with Gasteiger partial charge in [0.2, 0.25) is 0 Å². The first kappa shape index (κ1) is 19.4. The second-order valence-electron chi connectivity index (χ2n) is 10.7. The van der Waals surface area contributed by atoms with Gasteiger partial charge in [-0.2, -0.15) is 0 Å². The van der Waals surface area contributed by atoms with Gasteiger partial charge in [-0.15, -0.1) is 0 Å². The van der Waals surface area contributed by atoms with Crippen molar-refractivity contribution in [1.82, 2.24) is 0 Å². The van der Waals surface area contributed by atoms with E-state index in [1.165, 1.54) is 59.1 Å². The Morgan fingerprint density at radius 2 is 0.970 bits per heavy atom. The molecule has 1 spiro atoms. The van der Waals surface area contributed by atoms with Crippen molar-refractivity contribution in [3.05, 3.63) is 129 Å². The highest BCUT2D eigenvalue weighted by molar-refractivity contribution is 5.86. The molecule has 0 saturated carbocycles. The third-order valence-corrected chi connectivity index (χ3v) is 8.97. The molecule has 3 aliphatic rings. The highest BCUT2D eigenvalue weighted by Crippen LogP contribution is 2.64. The van der Waals surface area contributed by atoms with Crippen LogP contribution in [0, 0.1) is 13.8 Å². The highest BCUT2D eigenvalue weighted by Gasteiger charge is 2.53. The molecule has 0 nitrogen and oxygen atoms in total. The SMILES string of the molecule is Cc1ccc2c3c1CC(c1ccccc1)CC31CC(c3ccccc3)Cc3c(C)ccc-2c31. The minimum absolute atomic E-state index is 0.130. The number of hydrogen-bond acceptors (Lipinski definition) is 0. The summed E-state index contributed by atoms with van der Waals surface area (Å²) in [7, 11) is 0. The van der Waals surface area contributed by atoms with Crippen molar-refractivity contribution in [3.63, 3.8) is 0 Å². The van der Waals surface area contributed by atoms with Crippen LogP contribution in [0.4, 0.5) is 0 Å². The highest BCUT2D eigenvalue weighted by atomic mass is 14.6. The van der Waals surface area contributed by atoms with Gasteiger partial charge >= 0.3 is 0 Å². The molecule has 0 aliphatic heterocycles. The van der Waals surface area contributed by atoms with Crippen molar-refractivity contribution >= 4 is 0 Å². The fraction of sp³-hybridized carbons (Fsp3) is 0.273.